The van der Waals surface area contributed by atoms with Gasteiger partial charge in [-0.05, 0) is 25.1 Å². The summed E-state index contributed by atoms with van der Waals surface area (Å²) in [7, 11) is -3.77. The molecule has 2 rings (SSSR count). The fraction of sp³-hybridized carbons (Fsp3) is 0.154. The molecule has 0 aliphatic heterocycles. The Bertz CT molecular complexity index is 749. The summed E-state index contributed by atoms with van der Waals surface area (Å²) in [4.78, 5) is 7.66. The van der Waals surface area contributed by atoms with E-state index in [0.717, 1.165) is 6.20 Å². The summed E-state index contributed by atoms with van der Waals surface area (Å²) in [6.07, 6.45) is 2.49. The first-order chi connectivity index (χ1) is 10.0. The van der Waals surface area contributed by atoms with Crippen molar-refractivity contribution in [3.05, 3.63) is 42.4 Å². The monoisotopic (exact) mass is 304 g/mol. The first kappa shape index (κ1) is 14.7. The van der Waals surface area contributed by atoms with Gasteiger partial charge in [-0.3, -0.25) is 4.72 Å². The standard InChI is InChI=1S/C13H12N4O3S/c1-2-20-13-6-4-11(8-16-13)17-21(18,19)12-5-3-10(7-14)15-9-12/h3-6,8-9,17H,2H2,1H3. The summed E-state index contributed by atoms with van der Waals surface area (Å²) < 4.78 is 31.8. The Hall–Kier alpha value is -2.66. The Kier molecular flexibility index (Phi) is 4.35. The van der Waals surface area contributed by atoms with Gasteiger partial charge in [0, 0.05) is 12.3 Å². The molecule has 2 aromatic heterocycles. The minimum absolute atomic E-state index is 0.0321. The fourth-order valence-electron chi connectivity index (χ4n) is 1.49. The Balaban J connectivity index is 2.18. The molecule has 7 nitrogen and oxygen atoms in total. The van der Waals surface area contributed by atoms with Crippen LogP contribution in [0.1, 0.15) is 12.6 Å². The molecule has 0 bridgehead atoms. The van der Waals surface area contributed by atoms with Crippen LogP contribution in [0.15, 0.2) is 41.6 Å². The lowest BCUT2D eigenvalue weighted by molar-refractivity contribution is 0.327. The average molecular weight is 304 g/mol. The normalized spacial score (nSPS) is 10.7. The van der Waals surface area contributed by atoms with Crippen molar-refractivity contribution in [2.75, 3.05) is 11.3 Å². The number of nitrogens with zero attached hydrogens (tertiary/aromatic N) is 3. The first-order valence-electron chi connectivity index (χ1n) is 6.03. The summed E-state index contributed by atoms with van der Waals surface area (Å²) in [5, 5.41) is 8.64. The van der Waals surface area contributed by atoms with E-state index in [4.69, 9.17) is 10.00 Å². The van der Waals surface area contributed by atoms with Crippen LogP contribution in [0, 0.1) is 11.3 Å². The minimum Gasteiger partial charge on any atom is -0.478 e. The molecule has 108 valence electrons. The van der Waals surface area contributed by atoms with Gasteiger partial charge in [0.1, 0.15) is 16.7 Å². The number of anilines is 1. The van der Waals surface area contributed by atoms with Gasteiger partial charge in [0.05, 0.1) is 18.5 Å². The SMILES string of the molecule is CCOc1ccc(NS(=O)(=O)c2ccc(C#N)nc2)cn1. The maximum absolute atomic E-state index is 12.1. The van der Waals surface area contributed by atoms with Crippen molar-refractivity contribution in [2.45, 2.75) is 11.8 Å². The highest BCUT2D eigenvalue weighted by Crippen LogP contribution is 2.16. The molecule has 0 amide bonds. The molecule has 0 saturated heterocycles. The molecule has 0 unspecified atom stereocenters. The third-order valence-electron chi connectivity index (χ3n) is 2.44. The molecule has 2 aromatic rings. The van der Waals surface area contributed by atoms with Gasteiger partial charge in [0.15, 0.2) is 0 Å². The third kappa shape index (κ3) is 3.67. The Morgan fingerprint density at radius 2 is 2.05 bits per heavy atom. The van der Waals surface area contributed by atoms with Gasteiger partial charge < -0.3 is 4.74 Å². The quantitative estimate of drug-likeness (QED) is 0.898. The molecule has 0 atom stereocenters. The van der Waals surface area contributed by atoms with Crippen LogP contribution >= 0.6 is 0 Å². The largest absolute Gasteiger partial charge is 0.478 e. The number of sulfonamides is 1. The molecule has 0 spiro atoms. The van der Waals surface area contributed by atoms with Crippen molar-refractivity contribution >= 4 is 15.7 Å². The van der Waals surface area contributed by atoms with Crippen LogP contribution < -0.4 is 9.46 Å². The second-order valence-corrected chi connectivity index (χ2v) is 5.60. The summed E-state index contributed by atoms with van der Waals surface area (Å²) in [5.41, 5.74) is 0.458. The van der Waals surface area contributed by atoms with Crippen molar-refractivity contribution in [3.63, 3.8) is 0 Å². The van der Waals surface area contributed by atoms with Gasteiger partial charge in [-0.1, -0.05) is 0 Å². The Morgan fingerprint density at radius 1 is 1.24 bits per heavy atom. The number of rotatable bonds is 5. The number of hydrogen-bond donors (Lipinski definition) is 1. The van der Waals surface area contributed by atoms with Gasteiger partial charge in [0.2, 0.25) is 5.88 Å². The molecule has 1 N–H and O–H groups in total. The number of hydrogen-bond acceptors (Lipinski definition) is 6. The lowest BCUT2D eigenvalue weighted by Crippen LogP contribution is -2.13. The molecule has 0 aliphatic carbocycles. The topological polar surface area (TPSA) is 105 Å². The van der Waals surface area contributed by atoms with Gasteiger partial charge in [-0.15, -0.1) is 0 Å². The van der Waals surface area contributed by atoms with Gasteiger partial charge in [-0.2, -0.15) is 5.26 Å². The highest BCUT2D eigenvalue weighted by atomic mass is 32.2. The van der Waals surface area contributed by atoms with Crippen LogP contribution in [0.5, 0.6) is 5.88 Å². The van der Waals surface area contributed by atoms with E-state index in [1.165, 1.54) is 18.3 Å². The summed E-state index contributed by atoms with van der Waals surface area (Å²) in [5.74, 6) is 0.417. The number of pyridine rings is 2. The molecular formula is C13H12N4O3S. The van der Waals surface area contributed by atoms with Crippen LogP contribution in [0.25, 0.3) is 0 Å². The fourth-order valence-corrected chi connectivity index (χ4v) is 2.48. The molecule has 21 heavy (non-hydrogen) atoms. The zero-order valence-electron chi connectivity index (χ0n) is 11.1. The van der Waals surface area contributed by atoms with Crippen LogP contribution in [0.4, 0.5) is 5.69 Å². The van der Waals surface area contributed by atoms with Crippen LogP contribution in [0.3, 0.4) is 0 Å². The average Bonchev–Trinajstić information content (AvgIpc) is 2.49. The van der Waals surface area contributed by atoms with Gasteiger partial charge in [0.25, 0.3) is 10.0 Å². The number of nitrogens with one attached hydrogen (secondary N) is 1. The molecular weight excluding hydrogens is 292 g/mol. The molecule has 0 fully saturated rings. The van der Waals surface area contributed by atoms with Gasteiger partial charge in [-0.25, -0.2) is 18.4 Å². The van der Waals surface area contributed by atoms with Crippen LogP contribution in [-0.2, 0) is 10.0 Å². The lowest BCUT2D eigenvalue weighted by Gasteiger charge is -2.08. The molecule has 0 aliphatic rings. The van der Waals surface area contributed by atoms with E-state index in [1.807, 2.05) is 13.0 Å². The second kappa shape index (κ2) is 6.19. The molecule has 0 saturated carbocycles. The van der Waals surface area contributed by atoms with E-state index in [2.05, 4.69) is 14.7 Å². The second-order valence-electron chi connectivity index (χ2n) is 3.91. The molecule has 2 heterocycles. The summed E-state index contributed by atoms with van der Waals surface area (Å²) in [6, 6.07) is 7.59. The van der Waals surface area contributed by atoms with Crippen LogP contribution in [-0.4, -0.2) is 25.0 Å². The lowest BCUT2D eigenvalue weighted by atomic mass is 10.4. The maximum Gasteiger partial charge on any atom is 0.263 e. The Morgan fingerprint density at radius 3 is 2.57 bits per heavy atom. The molecule has 8 heteroatoms. The minimum atomic E-state index is -3.77. The van der Waals surface area contributed by atoms with Crippen molar-refractivity contribution in [1.29, 1.82) is 5.26 Å². The summed E-state index contributed by atoms with van der Waals surface area (Å²) >= 11 is 0. The maximum atomic E-state index is 12.1. The zero-order valence-corrected chi connectivity index (χ0v) is 12.0. The predicted octanol–water partition coefficient (Wildman–Crippen LogP) is 1.55. The number of aromatic nitrogens is 2. The smallest absolute Gasteiger partial charge is 0.263 e. The van der Waals surface area contributed by atoms with E-state index in [9.17, 15) is 8.42 Å². The van der Waals surface area contributed by atoms with Crippen molar-refractivity contribution in [1.82, 2.24) is 9.97 Å². The molecule has 0 radical (unpaired) electrons. The first-order valence-corrected chi connectivity index (χ1v) is 7.51. The predicted molar refractivity (Wildman–Crippen MR) is 75.2 cm³/mol. The Labute approximate surface area is 122 Å². The van der Waals surface area contributed by atoms with Crippen molar-refractivity contribution in [2.24, 2.45) is 0 Å². The van der Waals surface area contributed by atoms with Gasteiger partial charge >= 0.3 is 0 Å². The molecule has 0 aromatic carbocycles. The van der Waals surface area contributed by atoms with Crippen molar-refractivity contribution in [3.8, 4) is 11.9 Å². The number of ether oxygens (including phenoxy) is 1. The summed E-state index contributed by atoms with van der Waals surface area (Å²) in [6.45, 7) is 2.31. The highest BCUT2D eigenvalue weighted by Gasteiger charge is 2.15. The van der Waals surface area contributed by atoms with E-state index in [0.29, 0.717) is 18.2 Å². The van der Waals surface area contributed by atoms with Crippen LogP contribution in [0.2, 0.25) is 0 Å². The zero-order chi connectivity index (χ0) is 15.3. The third-order valence-corrected chi connectivity index (χ3v) is 3.81. The van der Waals surface area contributed by atoms with E-state index in [1.54, 1.807) is 12.1 Å². The van der Waals surface area contributed by atoms with E-state index < -0.39 is 10.0 Å². The number of nitriles is 1. The van der Waals surface area contributed by atoms with E-state index in [-0.39, 0.29) is 10.6 Å². The van der Waals surface area contributed by atoms with Crippen molar-refractivity contribution < 1.29 is 13.2 Å². The van der Waals surface area contributed by atoms with E-state index >= 15 is 0 Å². The highest BCUT2D eigenvalue weighted by molar-refractivity contribution is 7.92.